The average Bonchev–Trinajstić information content (AvgIpc) is 1.97. The SMILES string of the molecule is Nc1ccc(I)c(F)c1[N+](=O)[O-]. The van der Waals surface area contributed by atoms with Crippen molar-refractivity contribution in [3.05, 3.63) is 31.6 Å². The van der Waals surface area contributed by atoms with Crippen molar-refractivity contribution < 1.29 is 9.31 Å². The van der Waals surface area contributed by atoms with Gasteiger partial charge in [-0.1, -0.05) is 0 Å². The summed E-state index contributed by atoms with van der Waals surface area (Å²) in [7, 11) is 0. The first-order valence-electron chi connectivity index (χ1n) is 2.92. The van der Waals surface area contributed by atoms with Crippen molar-refractivity contribution in [1.82, 2.24) is 0 Å². The summed E-state index contributed by atoms with van der Waals surface area (Å²) in [4.78, 5) is 9.45. The Kier molecular flexibility index (Phi) is 2.46. The molecule has 1 aromatic rings. The number of anilines is 1. The largest absolute Gasteiger partial charge is 0.393 e. The number of hydrogen-bond donors (Lipinski definition) is 1. The van der Waals surface area contributed by atoms with Gasteiger partial charge < -0.3 is 5.73 Å². The molecule has 2 N–H and O–H groups in total. The molecule has 0 amide bonds. The molecule has 12 heavy (non-hydrogen) atoms. The monoisotopic (exact) mass is 282 g/mol. The van der Waals surface area contributed by atoms with Crippen LogP contribution in [0.4, 0.5) is 15.8 Å². The molecule has 0 saturated heterocycles. The van der Waals surface area contributed by atoms with E-state index in [-0.39, 0.29) is 9.26 Å². The third-order valence-electron chi connectivity index (χ3n) is 1.28. The first-order chi connectivity index (χ1) is 5.54. The van der Waals surface area contributed by atoms with Gasteiger partial charge in [-0.2, -0.15) is 4.39 Å². The molecule has 0 unspecified atom stereocenters. The van der Waals surface area contributed by atoms with Crippen LogP contribution in [0.25, 0.3) is 0 Å². The second-order valence-electron chi connectivity index (χ2n) is 2.06. The molecule has 0 radical (unpaired) electrons. The third-order valence-corrected chi connectivity index (χ3v) is 2.12. The number of hydrogen-bond acceptors (Lipinski definition) is 3. The van der Waals surface area contributed by atoms with E-state index in [0.29, 0.717) is 0 Å². The Bertz CT molecular complexity index is 343. The zero-order valence-corrected chi connectivity index (χ0v) is 7.91. The van der Waals surface area contributed by atoms with Crippen LogP contribution in [-0.2, 0) is 0 Å². The molecule has 4 nitrogen and oxygen atoms in total. The lowest BCUT2D eigenvalue weighted by Gasteiger charge is -1.98. The number of nitrogen functional groups attached to an aromatic ring is 1. The standard InChI is InChI=1S/C6H4FIN2O2/c7-5-3(8)1-2-4(9)6(5)10(11)12/h1-2H,9H2. The van der Waals surface area contributed by atoms with Crippen molar-refractivity contribution in [1.29, 1.82) is 0 Å². The quantitative estimate of drug-likeness (QED) is 0.370. The Balaban J connectivity index is 3.43. The van der Waals surface area contributed by atoms with E-state index in [4.69, 9.17) is 5.73 Å². The van der Waals surface area contributed by atoms with E-state index in [0.717, 1.165) is 0 Å². The van der Waals surface area contributed by atoms with Crippen LogP contribution >= 0.6 is 22.6 Å². The molecule has 0 fully saturated rings. The van der Waals surface area contributed by atoms with Crippen LogP contribution < -0.4 is 5.73 Å². The van der Waals surface area contributed by atoms with Crippen LogP contribution in [0.1, 0.15) is 0 Å². The van der Waals surface area contributed by atoms with Crippen molar-refractivity contribution in [2.75, 3.05) is 5.73 Å². The van der Waals surface area contributed by atoms with Crippen LogP contribution in [0, 0.1) is 19.5 Å². The molecule has 0 heterocycles. The highest BCUT2D eigenvalue weighted by molar-refractivity contribution is 14.1. The number of nitro benzene ring substituents is 1. The van der Waals surface area contributed by atoms with Gasteiger partial charge in [-0.3, -0.25) is 10.1 Å². The molecule has 0 aliphatic carbocycles. The van der Waals surface area contributed by atoms with Gasteiger partial charge in [0.05, 0.1) is 8.49 Å². The van der Waals surface area contributed by atoms with Gasteiger partial charge in [-0.05, 0) is 34.7 Å². The average molecular weight is 282 g/mol. The Morgan fingerprint density at radius 1 is 1.58 bits per heavy atom. The van der Waals surface area contributed by atoms with Gasteiger partial charge in [-0.15, -0.1) is 0 Å². The van der Waals surface area contributed by atoms with Gasteiger partial charge in [0.25, 0.3) is 0 Å². The van der Waals surface area contributed by atoms with Crippen LogP contribution in [0.15, 0.2) is 12.1 Å². The van der Waals surface area contributed by atoms with Crippen LogP contribution in [0.3, 0.4) is 0 Å². The fourth-order valence-corrected chi connectivity index (χ4v) is 1.18. The highest BCUT2D eigenvalue weighted by Gasteiger charge is 2.20. The van der Waals surface area contributed by atoms with E-state index < -0.39 is 16.4 Å². The van der Waals surface area contributed by atoms with E-state index >= 15 is 0 Å². The van der Waals surface area contributed by atoms with E-state index in [1.807, 2.05) is 0 Å². The molecule has 0 saturated carbocycles. The van der Waals surface area contributed by atoms with Gasteiger partial charge in [0.2, 0.25) is 5.82 Å². The smallest absolute Gasteiger partial charge is 0.328 e. The number of halogens is 2. The highest BCUT2D eigenvalue weighted by atomic mass is 127. The second-order valence-corrected chi connectivity index (χ2v) is 3.22. The summed E-state index contributed by atoms with van der Waals surface area (Å²) in [6.07, 6.45) is 0. The highest BCUT2D eigenvalue weighted by Crippen LogP contribution is 2.27. The van der Waals surface area contributed by atoms with Crippen LogP contribution in [0.2, 0.25) is 0 Å². The molecule has 64 valence electrons. The number of benzene rings is 1. The zero-order valence-electron chi connectivity index (χ0n) is 5.75. The van der Waals surface area contributed by atoms with Crippen molar-refractivity contribution in [3.63, 3.8) is 0 Å². The fourth-order valence-electron chi connectivity index (χ4n) is 0.740. The number of nitrogens with two attached hydrogens (primary N) is 1. The maximum absolute atomic E-state index is 13.0. The summed E-state index contributed by atoms with van der Waals surface area (Å²) >= 11 is 1.66. The molecular weight excluding hydrogens is 278 g/mol. The Hall–Kier alpha value is -0.920. The van der Waals surface area contributed by atoms with E-state index in [1.165, 1.54) is 12.1 Å². The maximum Gasteiger partial charge on any atom is 0.328 e. The summed E-state index contributed by atoms with van der Waals surface area (Å²) in [5.41, 5.74) is 4.40. The minimum absolute atomic E-state index is 0.155. The van der Waals surface area contributed by atoms with Crippen molar-refractivity contribution in [2.24, 2.45) is 0 Å². The first kappa shape index (κ1) is 9.17. The zero-order chi connectivity index (χ0) is 9.30. The van der Waals surface area contributed by atoms with Crippen LogP contribution in [-0.4, -0.2) is 4.92 Å². The third kappa shape index (κ3) is 1.47. The Morgan fingerprint density at radius 3 is 2.58 bits per heavy atom. The molecular formula is C6H4FIN2O2. The van der Waals surface area contributed by atoms with E-state index in [2.05, 4.69) is 0 Å². The Labute approximate surface area is 80.9 Å². The number of nitrogens with zero attached hydrogens (tertiary/aromatic N) is 1. The van der Waals surface area contributed by atoms with Gasteiger partial charge in [-0.25, -0.2) is 0 Å². The summed E-state index contributed by atoms with van der Waals surface area (Å²) in [6.45, 7) is 0. The minimum atomic E-state index is -0.874. The topological polar surface area (TPSA) is 69.2 Å². The fraction of sp³-hybridized carbons (Fsp3) is 0. The lowest BCUT2D eigenvalue weighted by molar-refractivity contribution is -0.386. The lowest BCUT2D eigenvalue weighted by atomic mass is 10.2. The predicted octanol–water partition coefficient (Wildman–Crippen LogP) is 1.92. The van der Waals surface area contributed by atoms with Crippen molar-refractivity contribution in [2.45, 2.75) is 0 Å². The lowest BCUT2D eigenvalue weighted by Crippen LogP contribution is -2.00. The summed E-state index contributed by atoms with van der Waals surface area (Å²) in [5, 5.41) is 10.3. The molecule has 0 aliphatic rings. The normalized spacial score (nSPS) is 9.83. The molecule has 0 aromatic heterocycles. The molecule has 6 heteroatoms. The number of nitro groups is 1. The van der Waals surface area contributed by atoms with Crippen molar-refractivity contribution in [3.8, 4) is 0 Å². The van der Waals surface area contributed by atoms with Crippen molar-refractivity contribution >= 4 is 34.0 Å². The van der Waals surface area contributed by atoms with E-state index in [1.54, 1.807) is 22.6 Å². The first-order valence-corrected chi connectivity index (χ1v) is 3.99. The predicted molar refractivity (Wildman–Crippen MR) is 50.2 cm³/mol. The maximum atomic E-state index is 13.0. The molecule has 0 bridgehead atoms. The second kappa shape index (κ2) is 3.21. The molecule has 0 aliphatic heterocycles. The molecule has 1 rings (SSSR count). The minimum Gasteiger partial charge on any atom is -0.393 e. The van der Waals surface area contributed by atoms with Gasteiger partial charge in [0, 0.05) is 0 Å². The molecule has 0 atom stereocenters. The van der Waals surface area contributed by atoms with Gasteiger partial charge >= 0.3 is 5.69 Å². The Morgan fingerprint density at radius 2 is 2.17 bits per heavy atom. The summed E-state index contributed by atoms with van der Waals surface area (Å²) < 4.78 is 13.2. The molecule has 1 aromatic carbocycles. The number of rotatable bonds is 1. The van der Waals surface area contributed by atoms with Gasteiger partial charge in [0.1, 0.15) is 5.69 Å². The van der Waals surface area contributed by atoms with E-state index in [9.17, 15) is 14.5 Å². The van der Waals surface area contributed by atoms with Gasteiger partial charge in [0.15, 0.2) is 0 Å². The summed E-state index contributed by atoms with van der Waals surface area (Å²) in [5.74, 6) is -0.874. The summed E-state index contributed by atoms with van der Waals surface area (Å²) in [6, 6.07) is 2.70. The van der Waals surface area contributed by atoms with Crippen LogP contribution in [0.5, 0.6) is 0 Å². The molecule has 0 spiro atoms.